The Kier molecular flexibility index (Phi) is 2.88. The van der Waals surface area contributed by atoms with E-state index >= 15 is 0 Å². The molecule has 0 aromatic carbocycles. The molecule has 2 fully saturated rings. The second-order valence-electron chi connectivity index (χ2n) is 4.01. The Morgan fingerprint density at radius 3 is 2.53 bits per heavy atom. The topological polar surface area (TPSA) is 93.5 Å². The number of hydrazine groups is 1. The van der Waals surface area contributed by atoms with E-state index in [0.717, 1.165) is 19.3 Å². The molecule has 2 atom stereocenters. The van der Waals surface area contributed by atoms with E-state index in [-0.39, 0.29) is 12.1 Å². The van der Waals surface area contributed by atoms with Crippen molar-refractivity contribution < 1.29 is 14.3 Å². The van der Waals surface area contributed by atoms with Crippen molar-refractivity contribution in [1.82, 2.24) is 10.7 Å². The van der Waals surface area contributed by atoms with E-state index in [0.29, 0.717) is 12.5 Å². The first-order valence-corrected chi connectivity index (χ1v) is 5.15. The van der Waals surface area contributed by atoms with E-state index < -0.39 is 11.8 Å². The Bertz CT molecular complexity index is 278. The zero-order valence-electron chi connectivity index (χ0n) is 8.36. The van der Waals surface area contributed by atoms with Gasteiger partial charge < -0.3 is 10.1 Å². The van der Waals surface area contributed by atoms with Gasteiger partial charge >= 0.3 is 11.8 Å². The predicted octanol–water partition coefficient (Wildman–Crippen LogP) is -1.34. The summed E-state index contributed by atoms with van der Waals surface area (Å²) in [5.41, 5.74) is 1.81. The number of hydrogen-bond donors (Lipinski definition) is 3. The molecule has 1 heterocycles. The lowest BCUT2D eigenvalue weighted by Gasteiger charge is -2.18. The van der Waals surface area contributed by atoms with Crippen molar-refractivity contribution in [2.75, 3.05) is 6.61 Å². The zero-order chi connectivity index (χ0) is 10.8. The Labute approximate surface area is 87.5 Å². The fourth-order valence-corrected chi connectivity index (χ4v) is 1.95. The van der Waals surface area contributed by atoms with Crippen LogP contribution < -0.4 is 16.6 Å². The second kappa shape index (κ2) is 4.16. The molecule has 6 nitrogen and oxygen atoms in total. The average Bonchev–Trinajstić information content (AvgIpc) is 2.99. The van der Waals surface area contributed by atoms with Crippen LogP contribution in [-0.4, -0.2) is 30.6 Å². The van der Waals surface area contributed by atoms with Crippen molar-refractivity contribution >= 4 is 11.8 Å². The number of rotatable bonds is 2. The molecule has 0 spiro atoms. The number of ether oxygens (including phenoxy) is 1. The Balaban J connectivity index is 1.87. The Morgan fingerprint density at radius 1 is 1.20 bits per heavy atom. The minimum absolute atomic E-state index is 0.0395. The van der Waals surface area contributed by atoms with Gasteiger partial charge in [-0.3, -0.25) is 15.0 Å². The van der Waals surface area contributed by atoms with E-state index in [1.54, 1.807) is 5.43 Å². The van der Waals surface area contributed by atoms with Gasteiger partial charge in [-0.2, -0.15) is 0 Å². The molecule has 0 bridgehead atoms. The van der Waals surface area contributed by atoms with Crippen LogP contribution in [-0.2, 0) is 14.3 Å². The summed E-state index contributed by atoms with van der Waals surface area (Å²) >= 11 is 0. The van der Waals surface area contributed by atoms with Gasteiger partial charge in [0.05, 0.1) is 12.1 Å². The van der Waals surface area contributed by atoms with Crippen LogP contribution in [0.3, 0.4) is 0 Å². The summed E-state index contributed by atoms with van der Waals surface area (Å²) in [5.74, 6) is 3.93. The summed E-state index contributed by atoms with van der Waals surface area (Å²) in [5, 5.41) is 2.64. The van der Waals surface area contributed by atoms with Gasteiger partial charge in [0, 0.05) is 6.61 Å². The van der Waals surface area contributed by atoms with Gasteiger partial charge in [-0.15, -0.1) is 0 Å². The van der Waals surface area contributed by atoms with E-state index in [9.17, 15) is 9.59 Å². The third-order valence-corrected chi connectivity index (χ3v) is 2.88. The molecule has 2 aliphatic rings. The highest BCUT2D eigenvalue weighted by molar-refractivity contribution is 6.34. The van der Waals surface area contributed by atoms with Gasteiger partial charge in [-0.25, -0.2) is 5.84 Å². The quantitative estimate of drug-likeness (QED) is 0.229. The summed E-state index contributed by atoms with van der Waals surface area (Å²) in [7, 11) is 0. The molecular formula is C9H15N3O3. The third-order valence-electron chi connectivity index (χ3n) is 2.88. The molecule has 1 saturated carbocycles. The smallest absolute Gasteiger partial charge is 0.323 e. The standard InChI is InChI=1S/C9H15N3O3/c10-12-9(14)8(13)11-6-3-4-15-7(6)5-1-2-5/h5-7H,1-4,10H2,(H,11,13)(H,12,14). The number of nitrogens with one attached hydrogen (secondary N) is 2. The van der Waals surface area contributed by atoms with Crippen molar-refractivity contribution in [3.8, 4) is 0 Å². The van der Waals surface area contributed by atoms with Crippen molar-refractivity contribution in [1.29, 1.82) is 0 Å². The molecular weight excluding hydrogens is 198 g/mol. The SMILES string of the molecule is NNC(=O)C(=O)NC1CCOC1C1CC1. The fourth-order valence-electron chi connectivity index (χ4n) is 1.95. The molecule has 0 radical (unpaired) electrons. The lowest BCUT2D eigenvalue weighted by atomic mass is 10.1. The van der Waals surface area contributed by atoms with Crippen molar-refractivity contribution in [3.63, 3.8) is 0 Å². The van der Waals surface area contributed by atoms with E-state index in [1.807, 2.05) is 0 Å². The van der Waals surface area contributed by atoms with Gasteiger partial charge in [0.15, 0.2) is 0 Å². The van der Waals surface area contributed by atoms with Gasteiger partial charge in [0.1, 0.15) is 0 Å². The summed E-state index contributed by atoms with van der Waals surface area (Å²) in [6.07, 6.45) is 3.16. The van der Waals surface area contributed by atoms with Crippen molar-refractivity contribution in [2.45, 2.75) is 31.4 Å². The highest BCUT2D eigenvalue weighted by Crippen LogP contribution is 2.38. The van der Waals surface area contributed by atoms with Gasteiger partial charge in [-0.1, -0.05) is 0 Å². The van der Waals surface area contributed by atoms with E-state index in [4.69, 9.17) is 10.6 Å². The van der Waals surface area contributed by atoms with Crippen LogP contribution in [0.15, 0.2) is 0 Å². The molecule has 15 heavy (non-hydrogen) atoms. The van der Waals surface area contributed by atoms with E-state index in [2.05, 4.69) is 5.32 Å². The Hall–Kier alpha value is -1.14. The molecule has 2 unspecified atom stereocenters. The van der Waals surface area contributed by atoms with Crippen molar-refractivity contribution in [3.05, 3.63) is 0 Å². The summed E-state index contributed by atoms with van der Waals surface area (Å²) in [6, 6.07) is -0.0395. The molecule has 2 rings (SSSR count). The first-order chi connectivity index (χ1) is 7.22. The monoisotopic (exact) mass is 213 g/mol. The molecule has 2 amide bonds. The molecule has 0 aromatic heterocycles. The van der Waals surface area contributed by atoms with Crippen molar-refractivity contribution in [2.24, 2.45) is 11.8 Å². The van der Waals surface area contributed by atoms with Gasteiger partial charge in [0.25, 0.3) is 0 Å². The summed E-state index contributed by atoms with van der Waals surface area (Å²) in [4.78, 5) is 22.2. The third kappa shape index (κ3) is 2.27. The molecule has 1 aliphatic carbocycles. The first-order valence-electron chi connectivity index (χ1n) is 5.15. The normalized spacial score (nSPS) is 29.9. The van der Waals surface area contributed by atoms with E-state index in [1.165, 1.54) is 0 Å². The number of carbonyl (C=O) groups excluding carboxylic acids is 2. The van der Waals surface area contributed by atoms with Crippen LogP contribution in [0.2, 0.25) is 0 Å². The number of amides is 2. The molecule has 6 heteroatoms. The minimum atomic E-state index is -0.809. The van der Waals surface area contributed by atoms with Gasteiger partial charge in [-0.05, 0) is 25.2 Å². The van der Waals surface area contributed by atoms with Gasteiger partial charge in [0.2, 0.25) is 0 Å². The highest BCUT2D eigenvalue weighted by Gasteiger charge is 2.41. The lowest BCUT2D eigenvalue weighted by molar-refractivity contribution is -0.139. The minimum Gasteiger partial charge on any atom is -0.376 e. The van der Waals surface area contributed by atoms with Crippen LogP contribution in [0.5, 0.6) is 0 Å². The Morgan fingerprint density at radius 2 is 1.93 bits per heavy atom. The summed E-state index contributed by atoms with van der Waals surface area (Å²) < 4.78 is 5.53. The zero-order valence-corrected chi connectivity index (χ0v) is 8.36. The number of carbonyl (C=O) groups is 2. The highest BCUT2D eigenvalue weighted by atomic mass is 16.5. The van der Waals surface area contributed by atoms with Crippen LogP contribution in [0.4, 0.5) is 0 Å². The maximum absolute atomic E-state index is 11.3. The second-order valence-corrected chi connectivity index (χ2v) is 4.01. The molecule has 4 N–H and O–H groups in total. The predicted molar refractivity (Wildman–Crippen MR) is 51.3 cm³/mol. The molecule has 84 valence electrons. The maximum atomic E-state index is 11.3. The molecule has 0 aromatic rings. The van der Waals surface area contributed by atoms with Crippen LogP contribution in [0, 0.1) is 5.92 Å². The van der Waals surface area contributed by atoms with Crippen LogP contribution in [0.1, 0.15) is 19.3 Å². The van der Waals surface area contributed by atoms with Crippen LogP contribution >= 0.6 is 0 Å². The fraction of sp³-hybridized carbons (Fsp3) is 0.778. The maximum Gasteiger partial charge on any atom is 0.323 e. The molecule has 1 aliphatic heterocycles. The first kappa shape index (κ1) is 10.4. The number of hydrogen-bond acceptors (Lipinski definition) is 4. The summed E-state index contributed by atoms with van der Waals surface area (Å²) in [6.45, 7) is 0.649. The molecule has 1 saturated heterocycles. The number of nitrogens with two attached hydrogens (primary N) is 1. The lowest BCUT2D eigenvalue weighted by Crippen LogP contribution is -2.49. The largest absolute Gasteiger partial charge is 0.376 e. The van der Waals surface area contributed by atoms with Crippen LogP contribution in [0.25, 0.3) is 0 Å². The average molecular weight is 213 g/mol.